The molecule has 21 heavy (non-hydrogen) atoms. The van der Waals surface area contributed by atoms with Gasteiger partial charge in [-0.3, -0.25) is 0 Å². The molecule has 0 fully saturated rings. The number of halogens is 1. The number of benzene rings is 2. The van der Waals surface area contributed by atoms with Crippen LogP contribution in [0.3, 0.4) is 0 Å². The van der Waals surface area contributed by atoms with Gasteiger partial charge in [0.15, 0.2) is 0 Å². The van der Waals surface area contributed by atoms with Crippen LogP contribution in [0.5, 0.6) is 11.5 Å². The first-order chi connectivity index (χ1) is 10.1. The average molecular weight is 322 g/mol. The molecular formula is C16H16ClNO2S. The van der Waals surface area contributed by atoms with Gasteiger partial charge in [-0.15, -0.1) is 0 Å². The number of hydrogen-bond donors (Lipinski definition) is 1. The van der Waals surface area contributed by atoms with Crippen molar-refractivity contribution < 1.29 is 9.47 Å². The molecule has 5 heteroatoms. The molecule has 0 unspecified atom stereocenters. The van der Waals surface area contributed by atoms with Crippen molar-refractivity contribution in [2.75, 3.05) is 13.2 Å². The molecule has 0 amide bonds. The predicted octanol–water partition coefficient (Wildman–Crippen LogP) is 3.63. The van der Waals surface area contributed by atoms with Crippen LogP contribution in [0.1, 0.15) is 5.56 Å². The first-order valence-electron chi connectivity index (χ1n) is 6.52. The molecular weight excluding hydrogens is 306 g/mol. The number of rotatable bonds is 7. The van der Waals surface area contributed by atoms with E-state index in [1.165, 1.54) is 0 Å². The maximum atomic E-state index is 5.80. The highest BCUT2D eigenvalue weighted by atomic mass is 35.5. The van der Waals surface area contributed by atoms with E-state index < -0.39 is 0 Å². The van der Waals surface area contributed by atoms with Crippen molar-refractivity contribution in [2.24, 2.45) is 5.73 Å². The SMILES string of the molecule is NC(=S)Cc1ccc(OCCOc2ccc(Cl)cc2)cc1. The summed E-state index contributed by atoms with van der Waals surface area (Å²) in [6.45, 7) is 0.938. The van der Waals surface area contributed by atoms with Crippen molar-refractivity contribution in [3.05, 3.63) is 59.1 Å². The third-order valence-corrected chi connectivity index (χ3v) is 3.13. The van der Waals surface area contributed by atoms with Crippen LogP contribution in [-0.2, 0) is 6.42 Å². The summed E-state index contributed by atoms with van der Waals surface area (Å²) < 4.78 is 11.1. The van der Waals surface area contributed by atoms with Crippen LogP contribution in [0.2, 0.25) is 5.02 Å². The molecule has 0 spiro atoms. The van der Waals surface area contributed by atoms with E-state index in [2.05, 4.69) is 0 Å². The minimum atomic E-state index is 0.469. The maximum Gasteiger partial charge on any atom is 0.122 e. The third-order valence-electron chi connectivity index (χ3n) is 2.74. The van der Waals surface area contributed by atoms with E-state index in [1.807, 2.05) is 36.4 Å². The molecule has 0 aliphatic carbocycles. The Bertz CT molecular complexity index is 584. The Morgan fingerprint density at radius 3 is 1.86 bits per heavy atom. The van der Waals surface area contributed by atoms with Crippen LogP contribution in [0, 0.1) is 0 Å². The Hall–Kier alpha value is -1.78. The van der Waals surface area contributed by atoms with Crippen LogP contribution in [0.25, 0.3) is 0 Å². The zero-order chi connectivity index (χ0) is 15.1. The smallest absolute Gasteiger partial charge is 0.122 e. The van der Waals surface area contributed by atoms with E-state index in [9.17, 15) is 0 Å². The minimum absolute atomic E-state index is 0.469. The molecule has 0 bridgehead atoms. The van der Waals surface area contributed by atoms with E-state index >= 15 is 0 Å². The first-order valence-corrected chi connectivity index (χ1v) is 7.30. The van der Waals surface area contributed by atoms with Gasteiger partial charge in [0.2, 0.25) is 0 Å². The van der Waals surface area contributed by atoms with Gasteiger partial charge in [-0.05, 0) is 42.0 Å². The summed E-state index contributed by atoms with van der Waals surface area (Å²) in [6.07, 6.45) is 0.606. The first kappa shape index (κ1) is 15.6. The number of hydrogen-bond acceptors (Lipinski definition) is 3. The highest BCUT2D eigenvalue weighted by Crippen LogP contribution is 2.16. The zero-order valence-electron chi connectivity index (χ0n) is 11.4. The minimum Gasteiger partial charge on any atom is -0.490 e. The fourth-order valence-electron chi connectivity index (χ4n) is 1.75. The summed E-state index contributed by atoms with van der Waals surface area (Å²) >= 11 is 10.7. The largest absolute Gasteiger partial charge is 0.490 e. The quantitative estimate of drug-likeness (QED) is 0.625. The lowest BCUT2D eigenvalue weighted by Gasteiger charge is -2.09. The van der Waals surface area contributed by atoms with Gasteiger partial charge in [0, 0.05) is 11.4 Å². The molecule has 0 aromatic heterocycles. The highest BCUT2D eigenvalue weighted by molar-refractivity contribution is 7.80. The molecule has 0 aliphatic rings. The molecule has 0 aliphatic heterocycles. The second kappa shape index (κ2) is 7.86. The van der Waals surface area contributed by atoms with Gasteiger partial charge in [0.1, 0.15) is 24.7 Å². The molecule has 2 aromatic carbocycles. The highest BCUT2D eigenvalue weighted by Gasteiger charge is 1.98. The van der Waals surface area contributed by atoms with Crippen LogP contribution in [0.4, 0.5) is 0 Å². The van der Waals surface area contributed by atoms with E-state index in [1.54, 1.807) is 12.1 Å². The Morgan fingerprint density at radius 2 is 1.38 bits per heavy atom. The van der Waals surface area contributed by atoms with Gasteiger partial charge in [0.25, 0.3) is 0 Å². The van der Waals surface area contributed by atoms with E-state index in [0.29, 0.717) is 29.6 Å². The van der Waals surface area contributed by atoms with Crippen molar-refractivity contribution in [3.63, 3.8) is 0 Å². The van der Waals surface area contributed by atoms with Crippen molar-refractivity contribution in [1.82, 2.24) is 0 Å². The molecule has 2 rings (SSSR count). The number of ether oxygens (including phenoxy) is 2. The summed E-state index contributed by atoms with van der Waals surface area (Å²) in [5.74, 6) is 1.57. The van der Waals surface area contributed by atoms with Gasteiger partial charge in [-0.25, -0.2) is 0 Å². The second-order valence-electron chi connectivity index (χ2n) is 4.44. The summed E-state index contributed by atoms with van der Waals surface area (Å²) in [7, 11) is 0. The Kier molecular flexibility index (Phi) is 5.84. The maximum absolute atomic E-state index is 5.80. The molecule has 0 atom stereocenters. The van der Waals surface area contributed by atoms with Crippen LogP contribution in [-0.4, -0.2) is 18.2 Å². The Balaban J connectivity index is 1.73. The fraction of sp³-hybridized carbons (Fsp3) is 0.188. The van der Waals surface area contributed by atoms with Crippen molar-refractivity contribution in [2.45, 2.75) is 6.42 Å². The van der Waals surface area contributed by atoms with Gasteiger partial charge < -0.3 is 15.2 Å². The normalized spacial score (nSPS) is 10.1. The summed E-state index contributed by atoms with van der Waals surface area (Å²) in [4.78, 5) is 0.486. The number of nitrogens with two attached hydrogens (primary N) is 1. The molecule has 3 nitrogen and oxygen atoms in total. The van der Waals surface area contributed by atoms with Crippen LogP contribution in [0.15, 0.2) is 48.5 Å². The summed E-state index contributed by atoms with van der Waals surface area (Å²) in [6, 6.07) is 14.9. The van der Waals surface area contributed by atoms with E-state index in [4.69, 9.17) is 39.0 Å². The van der Waals surface area contributed by atoms with E-state index in [0.717, 1.165) is 17.1 Å². The summed E-state index contributed by atoms with van der Waals surface area (Å²) in [5.41, 5.74) is 6.58. The van der Waals surface area contributed by atoms with Gasteiger partial charge in [-0.1, -0.05) is 36.0 Å². The van der Waals surface area contributed by atoms with Gasteiger partial charge in [0.05, 0.1) is 4.99 Å². The standard InChI is InChI=1S/C16H16ClNO2S/c17-13-3-7-15(8-4-13)20-10-9-19-14-5-1-12(2-6-14)11-16(18)21/h1-8H,9-11H2,(H2,18,21). The Morgan fingerprint density at radius 1 is 0.905 bits per heavy atom. The van der Waals surface area contributed by atoms with Crippen molar-refractivity contribution >= 4 is 28.8 Å². The molecule has 0 saturated heterocycles. The van der Waals surface area contributed by atoms with E-state index in [-0.39, 0.29) is 0 Å². The van der Waals surface area contributed by atoms with Crippen molar-refractivity contribution in [1.29, 1.82) is 0 Å². The third kappa shape index (κ3) is 5.61. The Labute approximate surface area is 134 Å². The molecule has 2 N–H and O–H groups in total. The van der Waals surface area contributed by atoms with Gasteiger partial charge in [-0.2, -0.15) is 0 Å². The lowest BCUT2D eigenvalue weighted by atomic mass is 10.1. The van der Waals surface area contributed by atoms with Gasteiger partial charge >= 0.3 is 0 Å². The predicted molar refractivity (Wildman–Crippen MR) is 89.4 cm³/mol. The fourth-order valence-corrected chi connectivity index (χ4v) is 2.05. The lowest BCUT2D eigenvalue weighted by Crippen LogP contribution is -2.11. The van der Waals surface area contributed by atoms with Crippen LogP contribution >= 0.6 is 23.8 Å². The molecule has 0 radical (unpaired) electrons. The zero-order valence-corrected chi connectivity index (χ0v) is 13.0. The second-order valence-corrected chi connectivity index (χ2v) is 5.40. The monoisotopic (exact) mass is 321 g/mol. The lowest BCUT2D eigenvalue weighted by molar-refractivity contribution is 0.217. The molecule has 110 valence electrons. The van der Waals surface area contributed by atoms with Crippen LogP contribution < -0.4 is 15.2 Å². The average Bonchev–Trinajstić information content (AvgIpc) is 2.46. The molecule has 2 aromatic rings. The molecule has 0 heterocycles. The topological polar surface area (TPSA) is 44.5 Å². The summed E-state index contributed by atoms with van der Waals surface area (Å²) in [5, 5.41) is 0.690. The number of thiocarbonyl (C=S) groups is 1. The molecule has 0 saturated carbocycles. The van der Waals surface area contributed by atoms with Crippen molar-refractivity contribution in [3.8, 4) is 11.5 Å².